The summed E-state index contributed by atoms with van der Waals surface area (Å²) in [5.41, 5.74) is 1.70. The van der Waals surface area contributed by atoms with Gasteiger partial charge in [0.15, 0.2) is 11.5 Å². The van der Waals surface area contributed by atoms with Crippen LogP contribution < -0.4 is 9.47 Å². The van der Waals surface area contributed by atoms with Crippen molar-refractivity contribution in [3.05, 3.63) is 59.7 Å². The highest BCUT2D eigenvalue weighted by Gasteiger charge is 2.41. The van der Waals surface area contributed by atoms with E-state index >= 15 is 0 Å². The van der Waals surface area contributed by atoms with E-state index in [-0.39, 0.29) is 24.8 Å². The molecule has 7 heteroatoms. The Labute approximate surface area is 163 Å². The first-order valence-corrected chi connectivity index (χ1v) is 9.47. The van der Waals surface area contributed by atoms with E-state index < -0.39 is 0 Å². The SMILES string of the molecule is O=C(c1ccc2c(c1)OCO2)N1CCN2C(=O)N(Cc3ccccc3)C[C@H]2C1. The maximum Gasteiger partial charge on any atom is 0.320 e. The molecule has 0 spiro atoms. The Morgan fingerprint density at radius 1 is 1.00 bits per heavy atom. The standard InChI is InChI=1S/C21H21N3O4/c25-20(16-6-7-18-19(10-16)28-14-27-18)22-8-9-24-17(12-22)13-23(21(24)26)11-15-4-2-1-3-5-15/h1-7,10,17H,8-9,11-14H2/t17-/m1/s1. The predicted molar refractivity (Wildman–Crippen MR) is 101 cm³/mol. The molecule has 0 aliphatic carbocycles. The van der Waals surface area contributed by atoms with Gasteiger partial charge in [-0.3, -0.25) is 4.79 Å². The van der Waals surface area contributed by atoms with Gasteiger partial charge in [0.05, 0.1) is 6.04 Å². The molecule has 0 radical (unpaired) electrons. The summed E-state index contributed by atoms with van der Waals surface area (Å²) >= 11 is 0. The third-order valence-electron chi connectivity index (χ3n) is 5.55. The Kier molecular flexibility index (Phi) is 4.07. The van der Waals surface area contributed by atoms with Crippen molar-refractivity contribution in [3.63, 3.8) is 0 Å². The topological polar surface area (TPSA) is 62.3 Å². The molecule has 1 atom stereocenters. The summed E-state index contributed by atoms with van der Waals surface area (Å²) in [4.78, 5) is 31.3. The van der Waals surface area contributed by atoms with E-state index in [2.05, 4.69) is 0 Å². The van der Waals surface area contributed by atoms with Crippen molar-refractivity contribution < 1.29 is 19.1 Å². The van der Waals surface area contributed by atoms with Gasteiger partial charge < -0.3 is 24.2 Å². The summed E-state index contributed by atoms with van der Waals surface area (Å²) in [6, 6.07) is 15.4. The highest BCUT2D eigenvalue weighted by molar-refractivity contribution is 5.95. The van der Waals surface area contributed by atoms with E-state index in [4.69, 9.17) is 9.47 Å². The monoisotopic (exact) mass is 379 g/mol. The molecule has 0 saturated carbocycles. The van der Waals surface area contributed by atoms with E-state index in [9.17, 15) is 9.59 Å². The summed E-state index contributed by atoms with van der Waals surface area (Å²) in [6.45, 7) is 3.07. The molecule has 2 aromatic carbocycles. The Bertz CT molecular complexity index is 917. The smallest absolute Gasteiger partial charge is 0.320 e. The summed E-state index contributed by atoms with van der Waals surface area (Å²) in [5.74, 6) is 1.24. The second-order valence-corrected chi connectivity index (χ2v) is 7.32. The van der Waals surface area contributed by atoms with Gasteiger partial charge in [-0.15, -0.1) is 0 Å². The van der Waals surface area contributed by atoms with Crippen LogP contribution in [0.1, 0.15) is 15.9 Å². The first kappa shape index (κ1) is 16.9. The number of rotatable bonds is 3. The lowest BCUT2D eigenvalue weighted by Gasteiger charge is -2.36. The molecule has 3 amide bonds. The minimum atomic E-state index is -0.0353. The predicted octanol–water partition coefficient (Wildman–Crippen LogP) is 2.18. The zero-order valence-electron chi connectivity index (χ0n) is 15.4. The highest BCUT2D eigenvalue weighted by Crippen LogP contribution is 2.33. The first-order valence-electron chi connectivity index (χ1n) is 9.47. The van der Waals surface area contributed by atoms with Gasteiger partial charge in [-0.1, -0.05) is 30.3 Å². The minimum absolute atomic E-state index is 0.0305. The van der Waals surface area contributed by atoms with Crippen LogP contribution in [0.15, 0.2) is 48.5 Å². The Morgan fingerprint density at radius 3 is 2.68 bits per heavy atom. The molecule has 5 rings (SSSR count). The van der Waals surface area contributed by atoms with Gasteiger partial charge in [-0.05, 0) is 23.8 Å². The number of fused-ring (bicyclic) bond motifs is 2. The van der Waals surface area contributed by atoms with Gasteiger partial charge in [-0.2, -0.15) is 0 Å². The summed E-state index contributed by atoms with van der Waals surface area (Å²) in [6.07, 6.45) is 0. The lowest BCUT2D eigenvalue weighted by Crippen LogP contribution is -2.53. The van der Waals surface area contributed by atoms with E-state index in [0.717, 1.165) is 5.56 Å². The van der Waals surface area contributed by atoms with Gasteiger partial charge in [0.25, 0.3) is 5.91 Å². The highest BCUT2D eigenvalue weighted by atomic mass is 16.7. The van der Waals surface area contributed by atoms with E-state index in [0.29, 0.717) is 49.8 Å². The molecule has 3 aliphatic heterocycles. The number of carbonyl (C=O) groups is 2. The average Bonchev–Trinajstić information content (AvgIpc) is 3.32. The largest absolute Gasteiger partial charge is 0.454 e. The van der Waals surface area contributed by atoms with Crippen LogP contribution in [0.5, 0.6) is 11.5 Å². The fourth-order valence-electron chi connectivity index (χ4n) is 4.11. The van der Waals surface area contributed by atoms with Crippen molar-refractivity contribution in [2.75, 3.05) is 33.0 Å². The van der Waals surface area contributed by atoms with Gasteiger partial charge >= 0.3 is 6.03 Å². The number of nitrogens with zero attached hydrogens (tertiary/aromatic N) is 3. The van der Waals surface area contributed by atoms with Crippen molar-refractivity contribution >= 4 is 11.9 Å². The fraction of sp³-hybridized carbons (Fsp3) is 0.333. The second kappa shape index (κ2) is 6.74. The number of carbonyl (C=O) groups excluding carboxylic acids is 2. The minimum Gasteiger partial charge on any atom is -0.454 e. The van der Waals surface area contributed by atoms with E-state index in [1.165, 1.54) is 0 Å². The molecule has 28 heavy (non-hydrogen) atoms. The zero-order valence-corrected chi connectivity index (χ0v) is 15.4. The number of amides is 3. The normalized spacial score (nSPS) is 20.5. The molecular formula is C21H21N3O4. The number of ether oxygens (including phenoxy) is 2. The quantitative estimate of drug-likeness (QED) is 0.820. The van der Waals surface area contributed by atoms with Crippen LogP contribution in [-0.2, 0) is 6.54 Å². The van der Waals surface area contributed by atoms with Crippen LogP contribution in [0.2, 0.25) is 0 Å². The van der Waals surface area contributed by atoms with Gasteiger partial charge in [-0.25, -0.2) is 4.79 Å². The average molecular weight is 379 g/mol. The molecule has 2 saturated heterocycles. The summed E-state index contributed by atoms with van der Waals surface area (Å²) in [7, 11) is 0. The third-order valence-corrected chi connectivity index (χ3v) is 5.55. The van der Waals surface area contributed by atoms with Crippen molar-refractivity contribution in [2.45, 2.75) is 12.6 Å². The van der Waals surface area contributed by atoms with Crippen molar-refractivity contribution in [1.82, 2.24) is 14.7 Å². The molecular weight excluding hydrogens is 358 g/mol. The molecule has 3 heterocycles. The van der Waals surface area contributed by atoms with Crippen LogP contribution in [0.3, 0.4) is 0 Å². The van der Waals surface area contributed by atoms with Crippen LogP contribution in [0, 0.1) is 0 Å². The third kappa shape index (κ3) is 2.93. The maximum absolute atomic E-state index is 13.0. The molecule has 7 nitrogen and oxygen atoms in total. The fourth-order valence-corrected chi connectivity index (χ4v) is 4.11. The van der Waals surface area contributed by atoms with E-state index in [1.54, 1.807) is 18.2 Å². The molecule has 0 bridgehead atoms. The van der Waals surface area contributed by atoms with E-state index in [1.807, 2.05) is 45.0 Å². The lowest BCUT2D eigenvalue weighted by atomic mass is 10.1. The van der Waals surface area contributed by atoms with Gasteiger partial charge in [0, 0.05) is 38.3 Å². The molecule has 2 fully saturated rings. The molecule has 3 aliphatic rings. The summed E-state index contributed by atoms with van der Waals surface area (Å²) in [5, 5.41) is 0. The lowest BCUT2D eigenvalue weighted by molar-refractivity contribution is 0.0616. The van der Waals surface area contributed by atoms with Crippen LogP contribution in [-0.4, -0.2) is 65.7 Å². The number of benzene rings is 2. The van der Waals surface area contributed by atoms with Crippen molar-refractivity contribution in [2.24, 2.45) is 0 Å². The first-order chi connectivity index (χ1) is 13.7. The second-order valence-electron chi connectivity index (χ2n) is 7.32. The van der Waals surface area contributed by atoms with Crippen molar-refractivity contribution in [1.29, 1.82) is 0 Å². The van der Waals surface area contributed by atoms with Gasteiger partial charge in [0.1, 0.15) is 0 Å². The maximum atomic E-state index is 13.0. The van der Waals surface area contributed by atoms with Crippen LogP contribution in [0.25, 0.3) is 0 Å². The van der Waals surface area contributed by atoms with Crippen LogP contribution in [0.4, 0.5) is 4.79 Å². The molecule has 0 unspecified atom stereocenters. The number of hydrogen-bond donors (Lipinski definition) is 0. The van der Waals surface area contributed by atoms with Gasteiger partial charge in [0.2, 0.25) is 6.79 Å². The number of piperazine rings is 1. The Hall–Kier alpha value is -3.22. The molecule has 0 N–H and O–H groups in total. The van der Waals surface area contributed by atoms with Crippen molar-refractivity contribution in [3.8, 4) is 11.5 Å². The Morgan fingerprint density at radius 2 is 1.82 bits per heavy atom. The number of hydrogen-bond acceptors (Lipinski definition) is 4. The van der Waals surface area contributed by atoms with Crippen LogP contribution >= 0.6 is 0 Å². The summed E-state index contributed by atoms with van der Waals surface area (Å²) < 4.78 is 10.7. The number of urea groups is 1. The molecule has 2 aromatic rings. The Balaban J connectivity index is 1.27. The molecule has 144 valence electrons. The zero-order chi connectivity index (χ0) is 19.1. The molecule has 0 aromatic heterocycles.